The molecule has 1 heterocycles. The van der Waals surface area contributed by atoms with Crippen LogP contribution in [0.25, 0.3) is 16.6 Å². The Hall–Kier alpha value is -3.89. The number of nitrogens with zero attached hydrogens (tertiary/aromatic N) is 3. The molecule has 0 aliphatic heterocycles. The Labute approximate surface area is 202 Å². The summed E-state index contributed by atoms with van der Waals surface area (Å²) in [6.45, 7) is 0. The lowest BCUT2D eigenvalue weighted by Crippen LogP contribution is -2.23. The molecule has 0 aliphatic carbocycles. The van der Waals surface area contributed by atoms with Gasteiger partial charge in [-0.2, -0.15) is 0 Å². The van der Waals surface area contributed by atoms with Crippen molar-refractivity contribution in [2.24, 2.45) is 0 Å². The van der Waals surface area contributed by atoms with E-state index in [9.17, 15) is 19.7 Å². The van der Waals surface area contributed by atoms with Gasteiger partial charge in [-0.25, -0.2) is 4.98 Å². The molecule has 0 radical (unpaired) electrons. The minimum atomic E-state index is -0.577. The van der Waals surface area contributed by atoms with Crippen LogP contribution in [0.15, 0.2) is 76.7 Å². The highest BCUT2D eigenvalue weighted by atomic mass is 35.5. The van der Waals surface area contributed by atoms with Crippen LogP contribution in [0.1, 0.15) is 0 Å². The number of amides is 1. The van der Waals surface area contributed by atoms with Crippen molar-refractivity contribution in [3.05, 3.63) is 92.2 Å². The number of para-hydroxylation sites is 1. The van der Waals surface area contributed by atoms with Gasteiger partial charge in [0.25, 0.3) is 11.2 Å². The van der Waals surface area contributed by atoms with Crippen LogP contribution in [-0.4, -0.2) is 33.2 Å². The van der Waals surface area contributed by atoms with Gasteiger partial charge in [-0.05, 0) is 30.3 Å². The molecule has 0 spiro atoms. The highest BCUT2D eigenvalue weighted by Gasteiger charge is 2.17. The van der Waals surface area contributed by atoms with Crippen LogP contribution in [0.2, 0.25) is 5.02 Å². The lowest BCUT2D eigenvalue weighted by molar-refractivity contribution is -0.384. The van der Waals surface area contributed by atoms with Crippen LogP contribution >= 0.6 is 23.4 Å². The Morgan fingerprint density at radius 1 is 1.18 bits per heavy atom. The predicted octanol–water partition coefficient (Wildman–Crippen LogP) is 4.69. The number of ether oxygens (including phenoxy) is 1. The normalized spacial score (nSPS) is 10.8. The van der Waals surface area contributed by atoms with Crippen LogP contribution < -0.4 is 15.6 Å². The lowest BCUT2D eigenvalue weighted by Gasteiger charge is -2.14. The van der Waals surface area contributed by atoms with Crippen LogP contribution in [0, 0.1) is 10.1 Å². The number of aromatic nitrogens is 2. The van der Waals surface area contributed by atoms with Gasteiger partial charge in [0.2, 0.25) is 5.91 Å². The number of hydrogen-bond donors (Lipinski definition) is 1. The summed E-state index contributed by atoms with van der Waals surface area (Å²) >= 11 is 7.12. The van der Waals surface area contributed by atoms with Gasteiger partial charge in [-0.15, -0.1) is 0 Å². The predicted molar refractivity (Wildman–Crippen MR) is 131 cm³/mol. The fourth-order valence-corrected chi connectivity index (χ4v) is 4.20. The van der Waals surface area contributed by atoms with Crippen LogP contribution in [0.3, 0.4) is 0 Å². The summed E-state index contributed by atoms with van der Waals surface area (Å²) in [5.74, 6) is -0.0214. The van der Waals surface area contributed by atoms with Crippen molar-refractivity contribution in [1.82, 2.24) is 9.55 Å². The summed E-state index contributed by atoms with van der Waals surface area (Å²) in [5.41, 5.74) is 0.667. The molecule has 34 heavy (non-hydrogen) atoms. The quantitative estimate of drug-likeness (QED) is 0.171. The molecule has 4 rings (SSSR count). The molecular formula is C23H17ClN4O5S. The van der Waals surface area contributed by atoms with E-state index in [4.69, 9.17) is 16.3 Å². The number of carbonyl (C=O) groups is 1. The van der Waals surface area contributed by atoms with E-state index in [1.807, 2.05) is 0 Å². The summed E-state index contributed by atoms with van der Waals surface area (Å²) in [5, 5.41) is 14.5. The maximum absolute atomic E-state index is 13.3. The first-order chi connectivity index (χ1) is 16.4. The fourth-order valence-electron chi connectivity index (χ4n) is 3.23. The molecule has 1 amide bonds. The molecule has 0 fully saturated rings. The Morgan fingerprint density at radius 2 is 1.97 bits per heavy atom. The molecule has 172 valence electrons. The lowest BCUT2D eigenvalue weighted by atomic mass is 10.2. The minimum absolute atomic E-state index is 0.117. The van der Waals surface area contributed by atoms with Gasteiger partial charge in [0.15, 0.2) is 5.16 Å². The minimum Gasteiger partial charge on any atom is -0.497 e. The number of halogens is 1. The molecule has 1 N–H and O–H groups in total. The second-order valence-corrected chi connectivity index (χ2v) is 8.36. The van der Waals surface area contributed by atoms with Gasteiger partial charge in [0, 0.05) is 18.2 Å². The third-order valence-corrected chi connectivity index (χ3v) is 6.09. The third kappa shape index (κ3) is 4.87. The molecular weight excluding hydrogens is 480 g/mol. The maximum Gasteiger partial charge on any atom is 0.271 e. The topological polar surface area (TPSA) is 116 Å². The molecule has 0 atom stereocenters. The average molecular weight is 497 g/mol. The Balaban J connectivity index is 1.66. The zero-order valence-corrected chi connectivity index (χ0v) is 19.3. The number of hydrogen-bond acceptors (Lipinski definition) is 7. The number of methoxy groups -OCH3 is 1. The van der Waals surface area contributed by atoms with Crippen molar-refractivity contribution in [1.29, 1.82) is 0 Å². The van der Waals surface area contributed by atoms with E-state index < -0.39 is 10.8 Å². The number of rotatable bonds is 7. The zero-order chi connectivity index (χ0) is 24.2. The largest absolute Gasteiger partial charge is 0.497 e. The number of non-ortho nitro benzene ring substituents is 1. The van der Waals surface area contributed by atoms with E-state index >= 15 is 0 Å². The first kappa shape index (κ1) is 23.3. The second-order valence-electron chi connectivity index (χ2n) is 7.01. The molecule has 4 aromatic rings. The van der Waals surface area contributed by atoms with Gasteiger partial charge in [0.1, 0.15) is 5.75 Å². The number of nitro groups is 1. The molecule has 0 saturated carbocycles. The summed E-state index contributed by atoms with van der Waals surface area (Å²) in [7, 11) is 1.53. The SMILES string of the molecule is COc1cccc(-n2c(SCC(=O)Nc3cc([N+](=O)[O-])ccc3Cl)nc3ccccc3c2=O)c1. The van der Waals surface area contributed by atoms with Crippen molar-refractivity contribution in [3.8, 4) is 11.4 Å². The molecule has 0 saturated heterocycles. The molecule has 0 unspecified atom stereocenters. The van der Waals surface area contributed by atoms with Crippen molar-refractivity contribution in [3.63, 3.8) is 0 Å². The zero-order valence-electron chi connectivity index (χ0n) is 17.7. The number of thioether (sulfide) groups is 1. The van der Waals surface area contributed by atoms with Crippen LogP contribution in [0.5, 0.6) is 5.75 Å². The van der Waals surface area contributed by atoms with Crippen molar-refractivity contribution >= 4 is 51.5 Å². The average Bonchev–Trinajstić information content (AvgIpc) is 2.84. The Kier molecular flexibility index (Phi) is 6.80. The second kappa shape index (κ2) is 9.94. The van der Waals surface area contributed by atoms with Crippen LogP contribution in [-0.2, 0) is 4.79 Å². The molecule has 11 heteroatoms. The van der Waals surface area contributed by atoms with Crippen LogP contribution in [0.4, 0.5) is 11.4 Å². The van der Waals surface area contributed by atoms with Gasteiger partial charge < -0.3 is 10.1 Å². The number of carbonyl (C=O) groups excluding carboxylic acids is 1. The molecule has 1 aromatic heterocycles. The summed E-state index contributed by atoms with van der Waals surface area (Å²) in [6, 6.07) is 17.7. The summed E-state index contributed by atoms with van der Waals surface area (Å²) in [4.78, 5) is 41.0. The van der Waals surface area contributed by atoms with E-state index in [0.717, 1.165) is 11.8 Å². The molecule has 9 nitrogen and oxygen atoms in total. The van der Waals surface area contributed by atoms with E-state index in [1.165, 1.54) is 29.9 Å². The number of benzene rings is 3. The maximum atomic E-state index is 13.3. The highest BCUT2D eigenvalue weighted by molar-refractivity contribution is 7.99. The molecule has 3 aromatic carbocycles. The molecule has 0 aliphatic rings. The number of nitrogens with one attached hydrogen (secondary N) is 1. The van der Waals surface area contributed by atoms with Gasteiger partial charge in [0.05, 0.1) is 45.1 Å². The summed E-state index contributed by atoms with van der Waals surface area (Å²) < 4.78 is 6.70. The highest BCUT2D eigenvalue weighted by Crippen LogP contribution is 2.28. The third-order valence-electron chi connectivity index (χ3n) is 4.82. The van der Waals surface area contributed by atoms with E-state index in [2.05, 4.69) is 10.3 Å². The smallest absolute Gasteiger partial charge is 0.271 e. The monoisotopic (exact) mass is 496 g/mol. The Bertz CT molecular complexity index is 1470. The Morgan fingerprint density at radius 3 is 2.74 bits per heavy atom. The van der Waals surface area contributed by atoms with E-state index in [1.54, 1.807) is 48.5 Å². The van der Waals surface area contributed by atoms with Gasteiger partial charge in [-0.1, -0.05) is 41.6 Å². The first-order valence-corrected chi connectivity index (χ1v) is 11.3. The molecule has 0 bridgehead atoms. The van der Waals surface area contributed by atoms with E-state index in [-0.39, 0.29) is 27.7 Å². The summed E-state index contributed by atoms with van der Waals surface area (Å²) in [6.07, 6.45) is 0. The van der Waals surface area contributed by atoms with Crippen molar-refractivity contribution in [2.45, 2.75) is 5.16 Å². The standard InChI is InChI=1S/C23H17ClN4O5S/c1-33-16-6-4-5-14(11-16)27-22(30)17-7-2-3-8-19(17)26-23(27)34-13-21(29)25-20-12-15(28(31)32)9-10-18(20)24/h2-12H,13H2,1H3,(H,25,29). The number of nitro benzene ring substituents is 1. The number of fused-ring (bicyclic) bond motifs is 1. The fraction of sp³-hybridized carbons (Fsp3) is 0.0870. The first-order valence-electron chi connectivity index (χ1n) is 9.90. The van der Waals surface area contributed by atoms with Gasteiger partial charge >= 0.3 is 0 Å². The van der Waals surface area contributed by atoms with Crippen molar-refractivity contribution in [2.75, 3.05) is 18.2 Å². The van der Waals surface area contributed by atoms with Gasteiger partial charge in [-0.3, -0.25) is 24.3 Å². The van der Waals surface area contributed by atoms with E-state index in [0.29, 0.717) is 27.5 Å². The number of anilines is 1. The van der Waals surface area contributed by atoms with Crippen molar-refractivity contribution < 1.29 is 14.5 Å².